The third-order valence-electron chi connectivity index (χ3n) is 6.93. The number of hydrogen-bond acceptors (Lipinski definition) is 4. The first-order chi connectivity index (χ1) is 11.7. The predicted octanol–water partition coefficient (Wildman–Crippen LogP) is 3.56. The van der Waals surface area contributed by atoms with Gasteiger partial charge in [-0.3, -0.25) is 9.59 Å². The number of ketones is 1. The minimum absolute atomic E-state index is 0.106. The molecule has 3 aliphatic rings. The minimum atomic E-state index is -0.744. The van der Waals surface area contributed by atoms with Crippen LogP contribution in [0.2, 0.25) is 0 Å². The van der Waals surface area contributed by atoms with Crippen molar-refractivity contribution in [2.24, 2.45) is 16.2 Å². The number of ether oxygens (including phenoxy) is 2. The lowest BCUT2D eigenvalue weighted by Gasteiger charge is -2.39. The molecule has 134 valence electrons. The Hall–Kier alpha value is -1.56. The largest absolute Gasteiger partial charge is 0.486 e. The smallest absolute Gasteiger partial charge is 0.232 e. The van der Waals surface area contributed by atoms with Crippen LogP contribution < -0.4 is 14.8 Å². The van der Waals surface area contributed by atoms with Crippen molar-refractivity contribution in [2.75, 3.05) is 18.5 Å². The molecule has 2 saturated carbocycles. The van der Waals surface area contributed by atoms with Gasteiger partial charge in [-0.1, -0.05) is 36.7 Å². The van der Waals surface area contributed by atoms with Gasteiger partial charge in [0.1, 0.15) is 13.2 Å². The van der Waals surface area contributed by atoms with Crippen molar-refractivity contribution < 1.29 is 19.1 Å². The molecule has 2 aliphatic carbocycles. The van der Waals surface area contributed by atoms with E-state index in [0.717, 1.165) is 6.42 Å². The molecule has 1 aromatic rings. The van der Waals surface area contributed by atoms with Gasteiger partial charge in [-0.2, -0.15) is 0 Å². The van der Waals surface area contributed by atoms with Crippen molar-refractivity contribution in [3.63, 3.8) is 0 Å². The van der Waals surface area contributed by atoms with Gasteiger partial charge in [0.15, 0.2) is 17.3 Å². The van der Waals surface area contributed by atoms with E-state index in [0.29, 0.717) is 36.8 Å². The van der Waals surface area contributed by atoms with Crippen LogP contribution in [0.25, 0.3) is 0 Å². The summed E-state index contributed by atoms with van der Waals surface area (Å²) in [6.45, 7) is 7.11. The molecule has 3 atom stereocenters. The molecule has 5 nitrogen and oxygen atoms in total. The summed E-state index contributed by atoms with van der Waals surface area (Å²) in [4.78, 5) is 25.7. The van der Waals surface area contributed by atoms with Gasteiger partial charge in [0.25, 0.3) is 0 Å². The Morgan fingerprint density at radius 1 is 1.16 bits per heavy atom. The molecule has 0 unspecified atom stereocenters. The molecular formula is C19H22BrNO4. The highest BCUT2D eigenvalue weighted by Crippen LogP contribution is 2.72. The van der Waals surface area contributed by atoms with Gasteiger partial charge in [0.2, 0.25) is 5.91 Å². The lowest BCUT2D eigenvalue weighted by molar-refractivity contribution is -0.130. The summed E-state index contributed by atoms with van der Waals surface area (Å²) < 4.78 is 11.1. The van der Waals surface area contributed by atoms with Crippen LogP contribution in [-0.2, 0) is 9.59 Å². The Morgan fingerprint density at radius 3 is 2.48 bits per heavy atom. The standard InChI is InChI=1S/C19H22BrNO4/c1-17(2)18(3)6-7-19(17,14(20)15(18)22)16(23)21-11-4-5-12-13(10-11)25-9-8-24-12/h4-5,10,14H,6-9H2,1-3H3,(H,21,23)/t14-,18+,19-/m1/s1. The van der Waals surface area contributed by atoms with Gasteiger partial charge < -0.3 is 14.8 Å². The summed E-state index contributed by atoms with van der Waals surface area (Å²) in [7, 11) is 0. The van der Waals surface area contributed by atoms with Crippen LogP contribution in [0.3, 0.4) is 0 Å². The number of rotatable bonds is 2. The predicted molar refractivity (Wildman–Crippen MR) is 97.3 cm³/mol. The van der Waals surface area contributed by atoms with Gasteiger partial charge in [0, 0.05) is 17.2 Å². The quantitative estimate of drug-likeness (QED) is 0.761. The minimum Gasteiger partial charge on any atom is -0.486 e. The molecule has 4 rings (SSSR count). The highest BCUT2D eigenvalue weighted by atomic mass is 79.9. The zero-order valence-corrected chi connectivity index (χ0v) is 16.2. The number of amides is 1. The van der Waals surface area contributed by atoms with E-state index in [4.69, 9.17) is 9.47 Å². The van der Waals surface area contributed by atoms with E-state index in [9.17, 15) is 9.59 Å². The number of Topliss-reactive ketones (excluding diaryl/α,β-unsaturated/α-hetero) is 1. The van der Waals surface area contributed by atoms with E-state index in [1.54, 1.807) is 12.1 Å². The lowest BCUT2D eigenvalue weighted by Crippen LogP contribution is -2.48. The summed E-state index contributed by atoms with van der Waals surface area (Å²) in [5.41, 5.74) is -0.965. The van der Waals surface area contributed by atoms with Gasteiger partial charge in [0.05, 0.1) is 10.2 Å². The molecule has 1 aliphatic heterocycles. The maximum Gasteiger partial charge on any atom is 0.232 e. The maximum atomic E-state index is 13.3. The van der Waals surface area contributed by atoms with Crippen molar-refractivity contribution in [1.29, 1.82) is 0 Å². The van der Waals surface area contributed by atoms with E-state index in [1.807, 2.05) is 26.8 Å². The molecule has 1 amide bonds. The topological polar surface area (TPSA) is 64.6 Å². The first-order valence-electron chi connectivity index (χ1n) is 8.63. The van der Waals surface area contributed by atoms with E-state index >= 15 is 0 Å². The third-order valence-corrected chi connectivity index (χ3v) is 8.12. The van der Waals surface area contributed by atoms with Crippen molar-refractivity contribution in [3.05, 3.63) is 18.2 Å². The first kappa shape index (κ1) is 16.9. The van der Waals surface area contributed by atoms with Crippen LogP contribution in [0.5, 0.6) is 11.5 Å². The fraction of sp³-hybridized carbons (Fsp3) is 0.579. The lowest BCUT2D eigenvalue weighted by atomic mass is 9.64. The van der Waals surface area contributed by atoms with Gasteiger partial charge in [-0.05, 0) is 30.4 Å². The van der Waals surface area contributed by atoms with Gasteiger partial charge in [-0.15, -0.1) is 0 Å². The number of benzene rings is 1. The number of nitrogens with one attached hydrogen (secondary N) is 1. The Kier molecular flexibility index (Phi) is 3.53. The summed E-state index contributed by atoms with van der Waals surface area (Å²) in [5.74, 6) is 1.35. The highest BCUT2D eigenvalue weighted by Gasteiger charge is 2.76. The van der Waals surface area contributed by atoms with E-state index in [2.05, 4.69) is 21.2 Å². The first-order valence-corrected chi connectivity index (χ1v) is 9.55. The monoisotopic (exact) mass is 407 g/mol. The van der Waals surface area contributed by atoms with E-state index in [1.165, 1.54) is 0 Å². The Morgan fingerprint density at radius 2 is 1.84 bits per heavy atom. The molecular weight excluding hydrogens is 386 g/mol. The average molecular weight is 408 g/mol. The number of halogens is 1. The number of carbonyl (C=O) groups is 2. The van der Waals surface area contributed by atoms with E-state index in [-0.39, 0.29) is 11.7 Å². The van der Waals surface area contributed by atoms with Gasteiger partial charge >= 0.3 is 0 Å². The number of fused-ring (bicyclic) bond motifs is 3. The zero-order valence-electron chi connectivity index (χ0n) is 14.6. The Labute approximate surface area is 155 Å². The number of anilines is 1. The van der Waals surface area contributed by atoms with Crippen LogP contribution in [0, 0.1) is 16.2 Å². The van der Waals surface area contributed by atoms with Crippen molar-refractivity contribution in [3.8, 4) is 11.5 Å². The van der Waals surface area contributed by atoms with Crippen LogP contribution in [0.1, 0.15) is 33.6 Å². The summed E-state index contributed by atoms with van der Waals surface area (Å²) >= 11 is 3.55. The van der Waals surface area contributed by atoms with Crippen molar-refractivity contribution >= 4 is 33.3 Å². The van der Waals surface area contributed by atoms with Crippen molar-refractivity contribution in [1.82, 2.24) is 0 Å². The van der Waals surface area contributed by atoms with E-state index < -0.39 is 21.1 Å². The molecule has 25 heavy (non-hydrogen) atoms. The molecule has 6 heteroatoms. The Bertz CT molecular complexity index is 777. The second-order valence-corrected chi connectivity index (χ2v) is 8.88. The molecule has 1 N–H and O–H groups in total. The normalized spacial score (nSPS) is 34.9. The summed E-state index contributed by atoms with van der Waals surface area (Å²) in [6, 6.07) is 5.39. The molecule has 0 spiro atoms. The second kappa shape index (κ2) is 5.22. The summed E-state index contributed by atoms with van der Waals surface area (Å²) in [5, 5.41) is 3.02. The third kappa shape index (κ3) is 1.94. The van der Waals surface area contributed by atoms with Gasteiger partial charge in [-0.25, -0.2) is 0 Å². The van der Waals surface area contributed by atoms with Crippen molar-refractivity contribution in [2.45, 2.75) is 38.4 Å². The van der Waals surface area contributed by atoms with Crippen LogP contribution in [0.4, 0.5) is 5.69 Å². The average Bonchev–Trinajstić information content (AvgIpc) is 2.86. The molecule has 0 radical (unpaired) electrons. The number of hydrogen-bond donors (Lipinski definition) is 1. The second-order valence-electron chi connectivity index (χ2n) is 7.97. The molecule has 1 heterocycles. The SMILES string of the molecule is CC1(C)[C@@]2(C)CC[C@]1(C(=O)Nc1ccc3c(c1)OCCO3)[C@H](Br)C2=O. The summed E-state index contributed by atoms with van der Waals surface area (Å²) in [6.07, 6.45) is 1.45. The highest BCUT2D eigenvalue weighted by molar-refractivity contribution is 9.10. The van der Waals surface area contributed by atoms with Crippen LogP contribution in [-0.4, -0.2) is 29.7 Å². The molecule has 2 bridgehead atoms. The molecule has 0 saturated heterocycles. The Balaban J connectivity index is 1.66. The maximum absolute atomic E-state index is 13.3. The molecule has 1 aromatic carbocycles. The molecule has 2 fully saturated rings. The fourth-order valence-corrected chi connectivity index (χ4v) is 6.33. The zero-order chi connectivity index (χ0) is 18.0. The molecule has 0 aromatic heterocycles. The number of alkyl halides is 1. The van der Waals surface area contributed by atoms with Crippen LogP contribution in [0.15, 0.2) is 18.2 Å². The fourth-order valence-electron chi connectivity index (χ4n) is 4.82. The number of carbonyl (C=O) groups excluding carboxylic acids is 2. The van der Waals surface area contributed by atoms with Crippen LogP contribution >= 0.6 is 15.9 Å².